The highest BCUT2D eigenvalue weighted by atomic mass is 15.3. The second kappa shape index (κ2) is 6.28. The van der Waals surface area contributed by atoms with E-state index in [9.17, 15) is 0 Å². The Morgan fingerprint density at radius 1 is 1.33 bits per heavy atom. The smallest absolute Gasteiger partial charge is 0.225 e. The summed E-state index contributed by atoms with van der Waals surface area (Å²) in [6, 6.07) is 1.30. The number of piperazine rings is 1. The zero-order chi connectivity index (χ0) is 14.8. The minimum atomic E-state index is 0.573. The van der Waals surface area contributed by atoms with Crippen molar-refractivity contribution >= 4 is 5.95 Å². The topological polar surface area (TPSA) is 44.3 Å². The zero-order valence-corrected chi connectivity index (χ0v) is 13.5. The first-order chi connectivity index (χ1) is 10.2. The van der Waals surface area contributed by atoms with E-state index in [0.29, 0.717) is 6.04 Å². The molecule has 1 unspecified atom stereocenters. The van der Waals surface area contributed by atoms with Crippen molar-refractivity contribution in [3.05, 3.63) is 17.5 Å². The van der Waals surface area contributed by atoms with Gasteiger partial charge in [0.1, 0.15) is 0 Å². The van der Waals surface area contributed by atoms with E-state index in [2.05, 4.69) is 40.9 Å². The van der Waals surface area contributed by atoms with Crippen molar-refractivity contribution in [3.63, 3.8) is 0 Å². The molecule has 1 aliphatic carbocycles. The number of anilines is 1. The number of nitrogens with zero attached hydrogens (tertiary/aromatic N) is 4. The molecular weight excluding hydrogens is 262 g/mol. The van der Waals surface area contributed by atoms with Gasteiger partial charge in [-0.2, -0.15) is 0 Å². The highest BCUT2D eigenvalue weighted by Gasteiger charge is 2.24. The second-order valence-electron chi connectivity index (χ2n) is 6.36. The molecule has 0 radical (unpaired) electrons. The predicted octanol–water partition coefficient (Wildman–Crippen LogP) is 1.57. The van der Waals surface area contributed by atoms with Crippen LogP contribution < -0.4 is 10.2 Å². The first-order valence-corrected chi connectivity index (χ1v) is 8.22. The molecule has 1 aromatic heterocycles. The molecule has 1 aliphatic heterocycles. The highest BCUT2D eigenvalue weighted by Crippen LogP contribution is 2.20. The molecule has 0 amide bonds. The van der Waals surface area contributed by atoms with E-state index in [-0.39, 0.29) is 0 Å². The summed E-state index contributed by atoms with van der Waals surface area (Å²) in [5.41, 5.74) is 2.34. The Hall–Kier alpha value is -1.20. The van der Waals surface area contributed by atoms with Gasteiger partial charge in [-0.1, -0.05) is 6.92 Å². The van der Waals surface area contributed by atoms with Crippen molar-refractivity contribution in [1.82, 2.24) is 20.2 Å². The molecule has 5 heteroatoms. The lowest BCUT2D eigenvalue weighted by Gasteiger charge is -2.39. The lowest BCUT2D eigenvalue weighted by molar-refractivity contribution is 0.198. The molecule has 3 rings (SSSR count). The largest absolute Gasteiger partial charge is 0.338 e. The van der Waals surface area contributed by atoms with Crippen molar-refractivity contribution in [2.75, 3.05) is 31.1 Å². The normalized spacial score (nSPS) is 23.6. The zero-order valence-electron chi connectivity index (χ0n) is 13.5. The van der Waals surface area contributed by atoms with Crippen molar-refractivity contribution < 1.29 is 0 Å². The Labute approximate surface area is 127 Å². The lowest BCUT2D eigenvalue weighted by Crippen LogP contribution is -2.52. The van der Waals surface area contributed by atoms with E-state index in [0.717, 1.165) is 50.4 Å². The average Bonchev–Trinajstić information content (AvgIpc) is 3.30. The Balaban J connectivity index is 1.64. The molecule has 1 saturated carbocycles. The van der Waals surface area contributed by atoms with Gasteiger partial charge in [0.15, 0.2) is 0 Å². The van der Waals surface area contributed by atoms with E-state index in [4.69, 9.17) is 4.98 Å². The third-order valence-electron chi connectivity index (χ3n) is 4.68. The number of rotatable bonds is 5. The van der Waals surface area contributed by atoms with Gasteiger partial charge in [0.05, 0.1) is 0 Å². The van der Waals surface area contributed by atoms with Crippen LogP contribution in [0.4, 0.5) is 5.95 Å². The summed E-state index contributed by atoms with van der Waals surface area (Å²) in [5, 5.41) is 3.53. The van der Waals surface area contributed by atoms with E-state index in [1.807, 2.05) is 6.20 Å². The predicted molar refractivity (Wildman–Crippen MR) is 85.6 cm³/mol. The number of likely N-dealkylation sites (N-methyl/N-ethyl adjacent to an activating group) is 1. The van der Waals surface area contributed by atoms with Crippen LogP contribution in [0.25, 0.3) is 0 Å². The van der Waals surface area contributed by atoms with Gasteiger partial charge >= 0.3 is 0 Å². The van der Waals surface area contributed by atoms with Crippen molar-refractivity contribution in [1.29, 1.82) is 0 Å². The highest BCUT2D eigenvalue weighted by molar-refractivity contribution is 5.34. The average molecular weight is 289 g/mol. The van der Waals surface area contributed by atoms with Crippen LogP contribution in [-0.4, -0.2) is 53.1 Å². The van der Waals surface area contributed by atoms with Gasteiger partial charge < -0.3 is 10.2 Å². The molecule has 1 atom stereocenters. The van der Waals surface area contributed by atoms with E-state index >= 15 is 0 Å². The molecule has 0 bridgehead atoms. The number of aryl methyl sites for hydroxylation is 1. The number of nitrogens with one attached hydrogen (secondary N) is 1. The van der Waals surface area contributed by atoms with Crippen LogP contribution in [0.15, 0.2) is 6.20 Å². The summed E-state index contributed by atoms with van der Waals surface area (Å²) in [6.45, 7) is 11.8. The van der Waals surface area contributed by atoms with Gasteiger partial charge in [-0.15, -0.1) is 0 Å². The van der Waals surface area contributed by atoms with E-state index in [1.54, 1.807) is 0 Å². The Morgan fingerprint density at radius 2 is 2.14 bits per heavy atom. The van der Waals surface area contributed by atoms with Gasteiger partial charge in [0, 0.05) is 55.7 Å². The van der Waals surface area contributed by atoms with Crippen LogP contribution in [0.3, 0.4) is 0 Å². The molecule has 2 fully saturated rings. The van der Waals surface area contributed by atoms with Gasteiger partial charge in [-0.05, 0) is 33.2 Å². The SMILES string of the molecule is CCN1CCN(c2ncc(CNC3CC3)c(C)n2)CC1C. The monoisotopic (exact) mass is 289 g/mol. The molecule has 21 heavy (non-hydrogen) atoms. The van der Waals surface area contributed by atoms with Crippen LogP contribution >= 0.6 is 0 Å². The molecule has 0 spiro atoms. The van der Waals surface area contributed by atoms with Crippen LogP contribution in [-0.2, 0) is 6.54 Å². The number of hydrogen-bond acceptors (Lipinski definition) is 5. The summed E-state index contributed by atoms with van der Waals surface area (Å²) in [4.78, 5) is 14.2. The molecule has 1 N–H and O–H groups in total. The first kappa shape index (κ1) is 14.7. The molecule has 2 aliphatic rings. The molecule has 2 heterocycles. The number of aromatic nitrogens is 2. The first-order valence-electron chi connectivity index (χ1n) is 8.22. The quantitative estimate of drug-likeness (QED) is 0.891. The minimum absolute atomic E-state index is 0.573. The van der Waals surface area contributed by atoms with E-state index < -0.39 is 0 Å². The summed E-state index contributed by atoms with van der Waals surface area (Å²) < 4.78 is 0. The summed E-state index contributed by atoms with van der Waals surface area (Å²) in [6.07, 6.45) is 4.64. The third-order valence-corrected chi connectivity index (χ3v) is 4.68. The van der Waals surface area contributed by atoms with Crippen molar-refractivity contribution in [3.8, 4) is 0 Å². The Morgan fingerprint density at radius 3 is 2.76 bits per heavy atom. The van der Waals surface area contributed by atoms with Crippen LogP contribution in [0.2, 0.25) is 0 Å². The summed E-state index contributed by atoms with van der Waals surface area (Å²) in [5.74, 6) is 0.894. The maximum Gasteiger partial charge on any atom is 0.225 e. The maximum atomic E-state index is 4.74. The van der Waals surface area contributed by atoms with Crippen LogP contribution in [0.5, 0.6) is 0 Å². The molecule has 1 aromatic rings. The fourth-order valence-corrected chi connectivity index (χ4v) is 2.99. The second-order valence-corrected chi connectivity index (χ2v) is 6.36. The molecular formula is C16H27N5. The maximum absolute atomic E-state index is 4.74. The molecule has 1 saturated heterocycles. The fourth-order valence-electron chi connectivity index (χ4n) is 2.99. The number of hydrogen-bond donors (Lipinski definition) is 1. The third kappa shape index (κ3) is 3.52. The van der Waals surface area contributed by atoms with Crippen molar-refractivity contribution in [2.24, 2.45) is 0 Å². The van der Waals surface area contributed by atoms with E-state index in [1.165, 1.54) is 18.4 Å². The fraction of sp³-hybridized carbons (Fsp3) is 0.750. The Kier molecular flexibility index (Phi) is 4.40. The standard InChI is InChI=1S/C16H27N5/c1-4-20-7-8-21(11-12(20)2)16-18-10-14(13(3)19-16)9-17-15-5-6-15/h10,12,15,17H,4-9,11H2,1-3H3. The van der Waals surface area contributed by atoms with Crippen LogP contribution in [0, 0.1) is 6.92 Å². The van der Waals surface area contributed by atoms with Gasteiger partial charge in [0.2, 0.25) is 5.95 Å². The van der Waals surface area contributed by atoms with Gasteiger partial charge in [0.25, 0.3) is 0 Å². The van der Waals surface area contributed by atoms with Gasteiger partial charge in [-0.3, -0.25) is 4.90 Å². The molecule has 116 valence electrons. The molecule has 5 nitrogen and oxygen atoms in total. The van der Waals surface area contributed by atoms with Gasteiger partial charge in [-0.25, -0.2) is 9.97 Å². The lowest BCUT2D eigenvalue weighted by atomic mass is 10.2. The van der Waals surface area contributed by atoms with Crippen LogP contribution in [0.1, 0.15) is 37.9 Å². The molecule has 0 aromatic carbocycles. The summed E-state index contributed by atoms with van der Waals surface area (Å²) >= 11 is 0. The van der Waals surface area contributed by atoms with Crippen molar-refractivity contribution in [2.45, 2.75) is 52.2 Å². The summed E-state index contributed by atoms with van der Waals surface area (Å²) in [7, 11) is 0. The Bertz CT molecular complexity index is 486. The minimum Gasteiger partial charge on any atom is -0.338 e.